The molecule has 0 unspecified atom stereocenters. The van der Waals surface area contributed by atoms with Crippen LogP contribution in [0.4, 0.5) is 0 Å². The Balaban J connectivity index is 1.86. The van der Waals surface area contributed by atoms with Gasteiger partial charge in [-0.25, -0.2) is 0 Å². The number of carbonyl (C=O) groups is 2. The van der Waals surface area contributed by atoms with Gasteiger partial charge in [-0.2, -0.15) is 0 Å². The largest absolute Gasteiger partial charge is 0.353 e. The van der Waals surface area contributed by atoms with Crippen LogP contribution in [0.25, 0.3) is 0 Å². The van der Waals surface area contributed by atoms with Gasteiger partial charge in [0.1, 0.15) is 0 Å². The molecule has 1 fully saturated rings. The maximum absolute atomic E-state index is 11.3. The van der Waals surface area contributed by atoms with E-state index in [9.17, 15) is 9.59 Å². The van der Waals surface area contributed by atoms with Crippen molar-refractivity contribution in [2.75, 3.05) is 27.2 Å². The Morgan fingerprint density at radius 2 is 1.88 bits per heavy atom. The first-order valence-electron chi connectivity index (χ1n) is 6.30. The molecule has 0 saturated heterocycles. The fraction of sp³-hybridized carbons (Fsp3) is 0.833. The van der Waals surface area contributed by atoms with Crippen LogP contribution in [0, 0.1) is 0 Å². The summed E-state index contributed by atoms with van der Waals surface area (Å²) in [6.45, 7) is 1.48. The molecule has 1 aliphatic carbocycles. The smallest absolute Gasteiger partial charge is 0.222 e. The van der Waals surface area contributed by atoms with Gasteiger partial charge in [0.2, 0.25) is 11.8 Å². The molecule has 0 atom stereocenters. The lowest BCUT2D eigenvalue weighted by Gasteiger charge is -2.10. The van der Waals surface area contributed by atoms with Crippen LogP contribution < -0.4 is 10.6 Å². The summed E-state index contributed by atoms with van der Waals surface area (Å²) in [5.74, 6) is 0.280. The van der Waals surface area contributed by atoms with Gasteiger partial charge in [-0.05, 0) is 25.8 Å². The fourth-order valence-corrected chi connectivity index (χ4v) is 1.44. The monoisotopic (exact) mass is 241 g/mol. The normalized spacial score (nSPS) is 14.5. The molecule has 2 N–H and O–H groups in total. The maximum atomic E-state index is 11.3. The van der Waals surface area contributed by atoms with E-state index in [1.807, 2.05) is 0 Å². The second-order valence-electron chi connectivity index (χ2n) is 4.73. The van der Waals surface area contributed by atoms with Gasteiger partial charge >= 0.3 is 0 Å². The summed E-state index contributed by atoms with van der Waals surface area (Å²) in [6, 6.07) is 0.445. The molecule has 0 bridgehead atoms. The van der Waals surface area contributed by atoms with Crippen LogP contribution in [-0.2, 0) is 9.59 Å². The molecule has 0 spiro atoms. The van der Waals surface area contributed by atoms with E-state index in [1.165, 1.54) is 0 Å². The minimum atomic E-state index is 0.129. The van der Waals surface area contributed by atoms with Gasteiger partial charge in [0.05, 0.1) is 0 Å². The van der Waals surface area contributed by atoms with E-state index in [1.54, 1.807) is 19.0 Å². The second-order valence-corrected chi connectivity index (χ2v) is 4.73. The van der Waals surface area contributed by atoms with Crippen LogP contribution in [0.5, 0.6) is 0 Å². The fourth-order valence-electron chi connectivity index (χ4n) is 1.44. The van der Waals surface area contributed by atoms with Gasteiger partial charge in [0.15, 0.2) is 0 Å². The molecular formula is C12H23N3O2. The number of carbonyl (C=O) groups excluding carboxylic acids is 2. The number of hydrogen-bond acceptors (Lipinski definition) is 3. The van der Waals surface area contributed by atoms with Gasteiger partial charge in [0, 0.05) is 39.5 Å². The summed E-state index contributed by atoms with van der Waals surface area (Å²) in [4.78, 5) is 24.2. The SMILES string of the molecule is CN(C)C(=O)CCCNCCC(=O)NC1CC1. The van der Waals surface area contributed by atoms with Crippen molar-refractivity contribution < 1.29 is 9.59 Å². The molecule has 98 valence electrons. The third kappa shape index (κ3) is 6.94. The van der Waals surface area contributed by atoms with E-state index in [-0.39, 0.29) is 11.8 Å². The molecule has 0 aromatic rings. The average molecular weight is 241 g/mol. The van der Waals surface area contributed by atoms with Crippen molar-refractivity contribution in [1.29, 1.82) is 0 Å². The van der Waals surface area contributed by atoms with E-state index < -0.39 is 0 Å². The highest BCUT2D eigenvalue weighted by atomic mass is 16.2. The number of amides is 2. The molecule has 2 amide bonds. The average Bonchev–Trinajstić information content (AvgIpc) is 3.06. The molecule has 0 aromatic heterocycles. The minimum absolute atomic E-state index is 0.129. The second kappa shape index (κ2) is 7.27. The van der Waals surface area contributed by atoms with Crippen molar-refractivity contribution in [1.82, 2.24) is 15.5 Å². The lowest BCUT2D eigenvalue weighted by atomic mass is 10.3. The zero-order valence-corrected chi connectivity index (χ0v) is 10.8. The van der Waals surface area contributed by atoms with Crippen LogP contribution in [0.1, 0.15) is 32.1 Å². The van der Waals surface area contributed by atoms with Crippen LogP contribution in [-0.4, -0.2) is 49.9 Å². The topological polar surface area (TPSA) is 61.4 Å². The van der Waals surface area contributed by atoms with Gasteiger partial charge in [-0.15, -0.1) is 0 Å². The molecule has 0 radical (unpaired) electrons. The quantitative estimate of drug-likeness (QED) is 0.593. The number of nitrogens with zero attached hydrogens (tertiary/aromatic N) is 1. The van der Waals surface area contributed by atoms with Gasteiger partial charge in [-0.3, -0.25) is 9.59 Å². The first-order chi connectivity index (χ1) is 8.09. The molecule has 0 aliphatic heterocycles. The van der Waals surface area contributed by atoms with Crippen LogP contribution in [0.3, 0.4) is 0 Å². The lowest BCUT2D eigenvalue weighted by Crippen LogP contribution is -2.29. The molecule has 17 heavy (non-hydrogen) atoms. The van der Waals surface area contributed by atoms with Crippen molar-refractivity contribution >= 4 is 11.8 Å². The van der Waals surface area contributed by atoms with Crippen LogP contribution >= 0.6 is 0 Å². The summed E-state index contributed by atoms with van der Waals surface area (Å²) in [6.07, 6.45) is 4.17. The molecule has 1 aliphatic rings. The number of nitrogens with one attached hydrogen (secondary N) is 2. The summed E-state index contributed by atoms with van der Waals surface area (Å²) < 4.78 is 0. The summed E-state index contributed by atoms with van der Waals surface area (Å²) in [5, 5.41) is 6.11. The first-order valence-corrected chi connectivity index (χ1v) is 6.30. The van der Waals surface area contributed by atoms with E-state index in [4.69, 9.17) is 0 Å². The standard InChI is InChI=1S/C12H23N3O2/c1-15(2)12(17)4-3-8-13-9-7-11(16)14-10-5-6-10/h10,13H,3-9H2,1-2H3,(H,14,16). The molecule has 0 aromatic carbocycles. The van der Waals surface area contributed by atoms with E-state index in [2.05, 4.69) is 10.6 Å². The van der Waals surface area contributed by atoms with E-state index in [0.29, 0.717) is 25.4 Å². The maximum Gasteiger partial charge on any atom is 0.222 e. The Kier molecular flexibility index (Phi) is 5.97. The molecule has 1 rings (SSSR count). The van der Waals surface area contributed by atoms with Crippen LogP contribution in [0.2, 0.25) is 0 Å². The Labute approximate surface area is 103 Å². The molecular weight excluding hydrogens is 218 g/mol. The Hall–Kier alpha value is -1.10. The Morgan fingerprint density at radius 3 is 2.47 bits per heavy atom. The van der Waals surface area contributed by atoms with E-state index >= 15 is 0 Å². The van der Waals surface area contributed by atoms with Crippen molar-refractivity contribution in [3.63, 3.8) is 0 Å². The van der Waals surface area contributed by atoms with Gasteiger partial charge in [-0.1, -0.05) is 0 Å². The van der Waals surface area contributed by atoms with Crippen molar-refractivity contribution in [2.24, 2.45) is 0 Å². The lowest BCUT2D eigenvalue weighted by molar-refractivity contribution is -0.128. The highest BCUT2D eigenvalue weighted by Gasteiger charge is 2.22. The zero-order chi connectivity index (χ0) is 12.7. The minimum Gasteiger partial charge on any atom is -0.353 e. The summed E-state index contributed by atoms with van der Waals surface area (Å²) in [7, 11) is 3.52. The predicted octanol–water partition coefficient (Wildman–Crippen LogP) is 0.113. The molecule has 0 heterocycles. The van der Waals surface area contributed by atoms with Crippen molar-refractivity contribution in [2.45, 2.75) is 38.1 Å². The Bertz CT molecular complexity index is 262. The van der Waals surface area contributed by atoms with Crippen LogP contribution in [0.15, 0.2) is 0 Å². The third-order valence-electron chi connectivity index (χ3n) is 2.71. The predicted molar refractivity (Wildman–Crippen MR) is 66.6 cm³/mol. The van der Waals surface area contributed by atoms with Crippen molar-refractivity contribution in [3.05, 3.63) is 0 Å². The highest BCUT2D eigenvalue weighted by molar-refractivity contribution is 5.76. The Morgan fingerprint density at radius 1 is 1.18 bits per heavy atom. The highest BCUT2D eigenvalue weighted by Crippen LogP contribution is 2.18. The third-order valence-corrected chi connectivity index (χ3v) is 2.71. The van der Waals surface area contributed by atoms with Gasteiger partial charge < -0.3 is 15.5 Å². The summed E-state index contributed by atoms with van der Waals surface area (Å²) >= 11 is 0. The molecule has 5 nitrogen and oxygen atoms in total. The zero-order valence-electron chi connectivity index (χ0n) is 10.8. The first kappa shape index (κ1) is 14.0. The number of hydrogen-bond donors (Lipinski definition) is 2. The van der Waals surface area contributed by atoms with Crippen molar-refractivity contribution in [3.8, 4) is 0 Å². The van der Waals surface area contributed by atoms with Gasteiger partial charge in [0.25, 0.3) is 0 Å². The van der Waals surface area contributed by atoms with E-state index in [0.717, 1.165) is 25.8 Å². The number of rotatable bonds is 8. The molecule has 5 heteroatoms. The summed E-state index contributed by atoms with van der Waals surface area (Å²) in [5.41, 5.74) is 0. The molecule has 1 saturated carbocycles.